The van der Waals surface area contributed by atoms with E-state index in [0.29, 0.717) is 10.7 Å². The Hall–Kier alpha value is -1.53. The number of rotatable bonds is 4. The van der Waals surface area contributed by atoms with Gasteiger partial charge in [-0.15, -0.1) is 11.8 Å². The number of aliphatic carboxylic acids is 1. The molecule has 100 valence electrons. The van der Waals surface area contributed by atoms with Crippen molar-refractivity contribution in [2.75, 3.05) is 10.7 Å². The minimum Gasteiger partial charge on any atom is -0.549 e. The Kier molecular flexibility index (Phi) is 4.11. The molecule has 5 nitrogen and oxygen atoms in total. The van der Waals surface area contributed by atoms with Crippen LogP contribution < -0.4 is 10.0 Å². The molecule has 1 fully saturated rings. The molecule has 0 aliphatic carbocycles. The van der Waals surface area contributed by atoms with Crippen LogP contribution in [0.2, 0.25) is 5.02 Å². The standard InChI is InChI=1S/C12H10ClNO4S/c13-7-2-1-3-8(4-7)14-10(15)5-9(12(14)18)19-6-11(16)17/h1-4,9H,5-6H2,(H,16,17)/p-1/t9-/m1/s1. The highest BCUT2D eigenvalue weighted by Gasteiger charge is 2.39. The van der Waals surface area contributed by atoms with Crippen molar-refractivity contribution < 1.29 is 19.5 Å². The summed E-state index contributed by atoms with van der Waals surface area (Å²) >= 11 is 6.72. The van der Waals surface area contributed by atoms with Gasteiger partial charge >= 0.3 is 0 Å². The van der Waals surface area contributed by atoms with Crippen molar-refractivity contribution in [3.63, 3.8) is 0 Å². The number of hydrogen-bond acceptors (Lipinski definition) is 5. The van der Waals surface area contributed by atoms with Gasteiger partial charge in [0.15, 0.2) is 0 Å². The Morgan fingerprint density at radius 2 is 2.21 bits per heavy atom. The lowest BCUT2D eigenvalue weighted by Gasteiger charge is -2.15. The molecule has 0 bridgehead atoms. The van der Waals surface area contributed by atoms with Crippen molar-refractivity contribution in [1.29, 1.82) is 0 Å². The maximum atomic E-state index is 12.1. The van der Waals surface area contributed by atoms with E-state index >= 15 is 0 Å². The number of carboxylic acid groups (broad SMARTS) is 1. The molecule has 7 heteroatoms. The van der Waals surface area contributed by atoms with E-state index in [0.717, 1.165) is 16.7 Å². The Morgan fingerprint density at radius 1 is 1.47 bits per heavy atom. The van der Waals surface area contributed by atoms with Gasteiger partial charge in [-0.25, -0.2) is 4.90 Å². The third kappa shape index (κ3) is 3.08. The first-order valence-electron chi connectivity index (χ1n) is 5.43. The summed E-state index contributed by atoms with van der Waals surface area (Å²) in [6, 6.07) is 6.40. The molecule has 2 rings (SSSR count). The molecule has 19 heavy (non-hydrogen) atoms. The third-order valence-electron chi connectivity index (χ3n) is 2.57. The summed E-state index contributed by atoms with van der Waals surface area (Å²) in [5.41, 5.74) is 0.402. The van der Waals surface area contributed by atoms with Crippen LogP contribution in [0.1, 0.15) is 6.42 Å². The topological polar surface area (TPSA) is 77.5 Å². The van der Waals surface area contributed by atoms with Gasteiger partial charge in [0, 0.05) is 17.2 Å². The van der Waals surface area contributed by atoms with Gasteiger partial charge in [-0.2, -0.15) is 0 Å². The molecule has 1 aromatic carbocycles. The van der Waals surface area contributed by atoms with Crippen molar-refractivity contribution in [2.45, 2.75) is 11.7 Å². The van der Waals surface area contributed by atoms with Crippen LogP contribution in [0.5, 0.6) is 0 Å². The predicted molar refractivity (Wildman–Crippen MR) is 69.8 cm³/mol. The lowest BCUT2D eigenvalue weighted by atomic mass is 10.3. The third-order valence-corrected chi connectivity index (χ3v) is 3.98. The number of benzene rings is 1. The molecule has 1 aliphatic rings. The molecule has 0 aromatic heterocycles. The second kappa shape index (κ2) is 5.63. The van der Waals surface area contributed by atoms with Gasteiger partial charge < -0.3 is 9.90 Å². The minimum atomic E-state index is -1.26. The van der Waals surface area contributed by atoms with E-state index in [2.05, 4.69) is 0 Å². The van der Waals surface area contributed by atoms with Crippen LogP contribution >= 0.6 is 23.4 Å². The molecule has 1 aromatic rings. The van der Waals surface area contributed by atoms with Crippen molar-refractivity contribution in [3.05, 3.63) is 29.3 Å². The quantitative estimate of drug-likeness (QED) is 0.755. The number of amides is 2. The molecular weight excluding hydrogens is 290 g/mol. The summed E-state index contributed by atoms with van der Waals surface area (Å²) in [6.45, 7) is 0. The molecule has 0 saturated carbocycles. The molecule has 0 unspecified atom stereocenters. The molecule has 0 N–H and O–H groups in total. The van der Waals surface area contributed by atoms with Gasteiger partial charge in [-0.3, -0.25) is 9.59 Å². The lowest BCUT2D eigenvalue weighted by molar-refractivity contribution is -0.301. The Morgan fingerprint density at radius 3 is 2.84 bits per heavy atom. The van der Waals surface area contributed by atoms with E-state index in [1.807, 2.05) is 0 Å². The van der Waals surface area contributed by atoms with E-state index in [1.165, 1.54) is 6.07 Å². The maximum Gasteiger partial charge on any atom is 0.247 e. The van der Waals surface area contributed by atoms with Crippen LogP contribution in [-0.2, 0) is 14.4 Å². The first-order valence-corrected chi connectivity index (χ1v) is 6.85. The van der Waals surface area contributed by atoms with Crippen molar-refractivity contribution in [2.24, 2.45) is 0 Å². The SMILES string of the molecule is O=C([O-])CS[C@@H]1CC(=O)N(c2cccc(Cl)c2)C1=O. The molecule has 1 heterocycles. The molecule has 1 atom stereocenters. The summed E-state index contributed by atoms with van der Waals surface area (Å²) in [7, 11) is 0. The Bertz CT molecular complexity index is 548. The van der Waals surface area contributed by atoms with E-state index in [-0.39, 0.29) is 18.1 Å². The number of hydrogen-bond donors (Lipinski definition) is 0. The highest BCUT2D eigenvalue weighted by Crippen LogP contribution is 2.30. The zero-order valence-electron chi connectivity index (χ0n) is 9.67. The molecular formula is C12H9ClNO4S-. The summed E-state index contributed by atoms with van der Waals surface area (Å²) in [5, 5.41) is 10.1. The average molecular weight is 299 g/mol. The number of nitrogens with zero attached hydrogens (tertiary/aromatic N) is 1. The summed E-state index contributed by atoms with van der Waals surface area (Å²) in [4.78, 5) is 35.3. The van der Waals surface area contributed by atoms with Gasteiger partial charge in [0.1, 0.15) is 0 Å². The maximum absolute atomic E-state index is 12.1. The highest BCUT2D eigenvalue weighted by molar-refractivity contribution is 8.01. The largest absolute Gasteiger partial charge is 0.549 e. The highest BCUT2D eigenvalue weighted by atomic mass is 35.5. The predicted octanol–water partition coefficient (Wildman–Crippen LogP) is 0.455. The van der Waals surface area contributed by atoms with Crippen molar-refractivity contribution in [1.82, 2.24) is 0 Å². The summed E-state index contributed by atoms with van der Waals surface area (Å²) in [6.07, 6.45) is -0.0106. The summed E-state index contributed by atoms with van der Waals surface area (Å²) in [5.74, 6) is -2.35. The van der Waals surface area contributed by atoms with Crippen LogP contribution in [-0.4, -0.2) is 28.8 Å². The average Bonchev–Trinajstić information content (AvgIpc) is 2.62. The fraction of sp³-hybridized carbons (Fsp3) is 0.250. The van der Waals surface area contributed by atoms with Crippen LogP contribution in [0.4, 0.5) is 5.69 Å². The normalized spacial score (nSPS) is 19.0. The number of thioether (sulfide) groups is 1. The van der Waals surface area contributed by atoms with Crippen molar-refractivity contribution >= 4 is 46.8 Å². The zero-order valence-corrected chi connectivity index (χ0v) is 11.2. The Labute approximate surface area is 118 Å². The Balaban J connectivity index is 2.17. The number of carboxylic acids is 1. The van der Waals surface area contributed by atoms with Gasteiger partial charge in [-0.05, 0) is 18.2 Å². The lowest BCUT2D eigenvalue weighted by Crippen LogP contribution is -2.32. The fourth-order valence-corrected chi connectivity index (χ4v) is 2.82. The van der Waals surface area contributed by atoms with E-state index in [1.54, 1.807) is 18.2 Å². The molecule has 0 radical (unpaired) electrons. The zero-order chi connectivity index (χ0) is 14.0. The smallest absolute Gasteiger partial charge is 0.247 e. The number of carbonyl (C=O) groups is 3. The molecule has 0 spiro atoms. The summed E-state index contributed by atoms with van der Waals surface area (Å²) < 4.78 is 0. The van der Waals surface area contributed by atoms with Crippen molar-refractivity contribution in [3.8, 4) is 0 Å². The first kappa shape index (κ1) is 13.9. The monoisotopic (exact) mass is 298 g/mol. The number of imide groups is 1. The second-order valence-electron chi connectivity index (χ2n) is 3.92. The van der Waals surface area contributed by atoms with Crippen LogP contribution in [0.15, 0.2) is 24.3 Å². The van der Waals surface area contributed by atoms with Gasteiger partial charge in [0.05, 0.1) is 16.9 Å². The second-order valence-corrected chi connectivity index (χ2v) is 5.55. The first-order chi connectivity index (χ1) is 8.99. The van der Waals surface area contributed by atoms with Gasteiger partial charge in [0.2, 0.25) is 11.8 Å². The number of carbonyl (C=O) groups excluding carboxylic acids is 3. The minimum absolute atomic E-state index is 0.0106. The van der Waals surface area contributed by atoms with Crippen LogP contribution in [0.25, 0.3) is 0 Å². The van der Waals surface area contributed by atoms with E-state index in [9.17, 15) is 19.5 Å². The molecule has 1 saturated heterocycles. The number of anilines is 1. The van der Waals surface area contributed by atoms with Gasteiger partial charge in [0.25, 0.3) is 0 Å². The number of halogens is 1. The van der Waals surface area contributed by atoms with Gasteiger partial charge in [-0.1, -0.05) is 17.7 Å². The van der Waals surface area contributed by atoms with E-state index in [4.69, 9.17) is 11.6 Å². The molecule has 2 amide bonds. The van der Waals surface area contributed by atoms with E-state index < -0.39 is 17.1 Å². The van der Waals surface area contributed by atoms with Crippen LogP contribution in [0, 0.1) is 0 Å². The molecule has 1 aliphatic heterocycles. The fourth-order valence-electron chi connectivity index (χ4n) is 1.79. The van der Waals surface area contributed by atoms with Crippen LogP contribution in [0.3, 0.4) is 0 Å².